The normalized spacial score (nSPS) is 13.8. The zero-order chi connectivity index (χ0) is 24.0. The predicted molar refractivity (Wildman–Crippen MR) is 118 cm³/mol. The number of carbonyl (C=O) groups excluding carboxylic acids is 1. The van der Waals surface area contributed by atoms with Crippen LogP contribution in [0.1, 0.15) is 35.9 Å². The first kappa shape index (κ1) is 23.9. The molecule has 0 bridgehead atoms. The van der Waals surface area contributed by atoms with Crippen LogP contribution in [-0.2, 0) is 11.2 Å². The van der Waals surface area contributed by atoms with E-state index in [0.717, 1.165) is 11.8 Å². The lowest BCUT2D eigenvalue weighted by atomic mass is 9.79. The highest BCUT2D eigenvalue weighted by atomic mass is 19.1. The Morgan fingerprint density at radius 1 is 1.18 bits per heavy atom. The summed E-state index contributed by atoms with van der Waals surface area (Å²) in [6.07, 6.45) is 1.42. The lowest BCUT2D eigenvalue weighted by Crippen LogP contribution is -2.43. The number of H-pyrrole nitrogens is 1. The van der Waals surface area contributed by atoms with Gasteiger partial charge in [0, 0.05) is 18.2 Å². The van der Waals surface area contributed by atoms with Crippen molar-refractivity contribution in [1.82, 2.24) is 10.3 Å². The van der Waals surface area contributed by atoms with E-state index in [2.05, 4.69) is 10.3 Å². The number of hydrogen-bond acceptors (Lipinski definition) is 5. The molecule has 4 N–H and O–H groups in total. The van der Waals surface area contributed by atoms with E-state index >= 15 is 0 Å². The summed E-state index contributed by atoms with van der Waals surface area (Å²) in [4.78, 5) is 37.9. The van der Waals surface area contributed by atoms with Crippen LogP contribution >= 0.6 is 0 Å². The number of aliphatic hydroxyl groups excluding tert-OH is 1. The molecule has 0 aliphatic carbocycles. The summed E-state index contributed by atoms with van der Waals surface area (Å²) >= 11 is 0. The first-order valence-electron chi connectivity index (χ1n) is 10.4. The van der Waals surface area contributed by atoms with E-state index in [1.807, 2.05) is 0 Å². The van der Waals surface area contributed by atoms with Crippen molar-refractivity contribution in [2.24, 2.45) is 5.41 Å². The predicted octanol–water partition coefficient (Wildman–Crippen LogP) is 2.98. The molecule has 0 radical (unpaired) electrons. The van der Waals surface area contributed by atoms with Crippen molar-refractivity contribution >= 4 is 11.9 Å². The van der Waals surface area contributed by atoms with E-state index < -0.39 is 29.1 Å². The Kier molecular flexibility index (Phi) is 7.44. The molecule has 174 valence electrons. The van der Waals surface area contributed by atoms with Gasteiger partial charge in [0.05, 0.1) is 11.6 Å². The first-order valence-corrected chi connectivity index (χ1v) is 10.4. The molecule has 2 atom stereocenters. The topological polar surface area (TPSA) is 133 Å². The summed E-state index contributed by atoms with van der Waals surface area (Å²) in [6, 6.07) is 12.8. The van der Waals surface area contributed by atoms with Crippen LogP contribution in [0.4, 0.5) is 4.39 Å². The second kappa shape index (κ2) is 10.3. The third-order valence-electron chi connectivity index (χ3n) is 5.58. The molecule has 8 nitrogen and oxygen atoms in total. The highest BCUT2D eigenvalue weighted by molar-refractivity contribution is 5.91. The maximum Gasteiger partial charge on any atom is 0.416 e. The third kappa shape index (κ3) is 5.95. The van der Waals surface area contributed by atoms with Gasteiger partial charge in [-0.15, -0.1) is 0 Å². The number of carboxylic acids is 1. The number of oxazole rings is 1. The zero-order valence-electron chi connectivity index (χ0n) is 18.0. The van der Waals surface area contributed by atoms with Gasteiger partial charge in [0.2, 0.25) is 5.76 Å². The minimum atomic E-state index is -1.29. The molecule has 9 heteroatoms. The van der Waals surface area contributed by atoms with Crippen molar-refractivity contribution in [2.75, 3.05) is 6.61 Å². The fourth-order valence-corrected chi connectivity index (χ4v) is 3.71. The minimum Gasteiger partial charge on any atom is -0.481 e. The van der Waals surface area contributed by atoms with Crippen LogP contribution in [0.15, 0.2) is 63.9 Å². The molecule has 3 aromatic rings. The Bertz CT molecular complexity index is 1170. The number of aromatic amines is 1. The van der Waals surface area contributed by atoms with Crippen LogP contribution in [0.25, 0.3) is 11.1 Å². The second-order valence-electron chi connectivity index (χ2n) is 8.14. The number of amides is 1. The van der Waals surface area contributed by atoms with Crippen LogP contribution in [0.3, 0.4) is 0 Å². The number of rotatable bonds is 10. The summed E-state index contributed by atoms with van der Waals surface area (Å²) in [5.41, 5.74) is 0.631. The summed E-state index contributed by atoms with van der Waals surface area (Å²) in [6.45, 7) is 1.18. The van der Waals surface area contributed by atoms with Gasteiger partial charge in [-0.3, -0.25) is 14.6 Å². The van der Waals surface area contributed by atoms with E-state index in [-0.39, 0.29) is 37.4 Å². The molecular weight excluding hydrogens is 431 g/mol. The minimum absolute atomic E-state index is 0.000162. The summed E-state index contributed by atoms with van der Waals surface area (Å²) in [5, 5.41) is 21.8. The average molecular weight is 456 g/mol. The number of hydrogen-bond donors (Lipinski definition) is 4. The van der Waals surface area contributed by atoms with Crippen LogP contribution in [0, 0.1) is 11.2 Å². The monoisotopic (exact) mass is 456 g/mol. The standard InChI is InChI=1S/C24H25FN2O6/c1-24(10-11-28,22(30)31)13-17(27-21(29)20-14-26-23(32)33-20)12-15-6-8-16(9-7-15)18-4-2-3-5-19(18)25/h2-9,14,17,28H,10-13H2,1H3,(H,26,32)(H,27,29)(H,30,31)/t17-,24-/m1/s1. The lowest BCUT2D eigenvalue weighted by molar-refractivity contribution is -0.149. The van der Waals surface area contributed by atoms with Crippen LogP contribution in [0.5, 0.6) is 0 Å². The van der Waals surface area contributed by atoms with Crippen molar-refractivity contribution in [3.8, 4) is 11.1 Å². The summed E-state index contributed by atoms with van der Waals surface area (Å²) < 4.78 is 18.9. The van der Waals surface area contributed by atoms with Crippen molar-refractivity contribution in [3.05, 3.63) is 82.4 Å². The molecule has 1 amide bonds. The average Bonchev–Trinajstić information content (AvgIpc) is 3.21. The van der Waals surface area contributed by atoms with Crippen LogP contribution in [0.2, 0.25) is 0 Å². The van der Waals surface area contributed by atoms with Crippen molar-refractivity contribution in [3.63, 3.8) is 0 Å². The summed E-state index contributed by atoms with van der Waals surface area (Å²) in [7, 11) is 0. The second-order valence-corrected chi connectivity index (χ2v) is 8.14. The fraction of sp³-hybridized carbons (Fsp3) is 0.292. The fourth-order valence-electron chi connectivity index (χ4n) is 3.71. The Morgan fingerprint density at radius 3 is 2.45 bits per heavy atom. The van der Waals surface area contributed by atoms with Gasteiger partial charge in [0.25, 0.3) is 5.91 Å². The first-order chi connectivity index (χ1) is 15.7. The number of aliphatic hydroxyl groups is 1. The molecule has 0 fully saturated rings. The Balaban J connectivity index is 1.83. The highest BCUT2D eigenvalue weighted by Crippen LogP contribution is 2.30. The van der Waals surface area contributed by atoms with Crippen LogP contribution < -0.4 is 11.1 Å². The van der Waals surface area contributed by atoms with Gasteiger partial charge in [-0.2, -0.15) is 0 Å². The molecule has 0 saturated heterocycles. The molecule has 1 heterocycles. The van der Waals surface area contributed by atoms with Crippen molar-refractivity contribution in [2.45, 2.75) is 32.2 Å². The Hall–Kier alpha value is -3.72. The molecule has 0 spiro atoms. The molecular formula is C24H25FN2O6. The highest BCUT2D eigenvalue weighted by Gasteiger charge is 2.36. The SMILES string of the molecule is C[C@@](CCO)(C[C@@H](Cc1ccc(-c2ccccc2F)cc1)NC(=O)c1c[nH]c(=O)o1)C(=O)O. The number of aromatic nitrogens is 1. The van der Waals surface area contributed by atoms with E-state index in [9.17, 15) is 29.0 Å². The third-order valence-corrected chi connectivity index (χ3v) is 5.58. The van der Waals surface area contributed by atoms with Gasteiger partial charge in [-0.05, 0) is 43.4 Å². The Labute approximate surface area is 189 Å². The lowest BCUT2D eigenvalue weighted by Gasteiger charge is -2.29. The zero-order valence-corrected chi connectivity index (χ0v) is 18.0. The smallest absolute Gasteiger partial charge is 0.416 e. The van der Waals surface area contributed by atoms with E-state index in [4.69, 9.17) is 4.42 Å². The van der Waals surface area contributed by atoms with Crippen LogP contribution in [-0.4, -0.2) is 39.7 Å². The maximum atomic E-state index is 14.1. The molecule has 0 unspecified atom stereocenters. The van der Waals surface area contributed by atoms with Crippen molar-refractivity contribution in [1.29, 1.82) is 0 Å². The number of halogens is 1. The van der Waals surface area contributed by atoms with Gasteiger partial charge in [-0.1, -0.05) is 42.5 Å². The largest absolute Gasteiger partial charge is 0.481 e. The number of nitrogens with one attached hydrogen (secondary N) is 2. The number of benzene rings is 2. The molecule has 0 aliphatic heterocycles. The molecule has 0 saturated carbocycles. The number of carbonyl (C=O) groups is 2. The summed E-state index contributed by atoms with van der Waals surface area (Å²) in [5.74, 6) is -3.11. The van der Waals surface area contributed by atoms with Crippen molar-refractivity contribution < 1.29 is 28.6 Å². The van der Waals surface area contributed by atoms with E-state index in [0.29, 0.717) is 11.1 Å². The van der Waals surface area contributed by atoms with Gasteiger partial charge >= 0.3 is 11.7 Å². The molecule has 0 aliphatic rings. The van der Waals surface area contributed by atoms with Gasteiger partial charge in [-0.25, -0.2) is 9.18 Å². The van der Waals surface area contributed by atoms with E-state index in [1.54, 1.807) is 42.5 Å². The van der Waals surface area contributed by atoms with E-state index in [1.165, 1.54) is 13.0 Å². The number of aliphatic carboxylic acids is 1. The van der Waals surface area contributed by atoms with Gasteiger partial charge in [0.1, 0.15) is 5.82 Å². The van der Waals surface area contributed by atoms with Gasteiger partial charge < -0.3 is 19.9 Å². The molecule has 3 rings (SSSR count). The quantitative estimate of drug-likeness (QED) is 0.371. The molecule has 1 aromatic heterocycles. The Morgan fingerprint density at radius 2 is 1.88 bits per heavy atom. The molecule has 33 heavy (non-hydrogen) atoms. The number of carboxylic acid groups (broad SMARTS) is 1. The van der Waals surface area contributed by atoms with Gasteiger partial charge in [0.15, 0.2) is 0 Å². The maximum absolute atomic E-state index is 14.1. The molecule has 2 aromatic carbocycles.